The fraction of sp³-hybridized carbons (Fsp3) is 1.00. The van der Waals surface area contributed by atoms with E-state index in [0.29, 0.717) is 0 Å². The summed E-state index contributed by atoms with van der Waals surface area (Å²) in [5.74, 6) is 0.917. The summed E-state index contributed by atoms with van der Waals surface area (Å²) in [4.78, 5) is 0. The summed E-state index contributed by atoms with van der Waals surface area (Å²) in [5, 5.41) is -0.731. The van der Waals surface area contributed by atoms with Crippen LogP contribution in [-0.4, -0.2) is 5.26 Å². The second kappa shape index (κ2) is 9.08. The van der Waals surface area contributed by atoms with E-state index in [1.54, 1.807) is 32.9 Å². The molecular formula is C14H33ScSi. The first-order chi connectivity index (χ1) is 7.56. The molecule has 0 saturated carbocycles. The number of hydrogen-bond donors (Lipinski definition) is 0. The average molecular weight is 274 g/mol. The molecule has 2 heteroatoms. The van der Waals surface area contributed by atoms with Crippen LogP contribution < -0.4 is 0 Å². The van der Waals surface area contributed by atoms with Crippen LogP contribution in [0.4, 0.5) is 0 Å². The fourth-order valence-electron chi connectivity index (χ4n) is 3.33. The molecule has 0 aromatic carbocycles. The van der Waals surface area contributed by atoms with Gasteiger partial charge in [0, 0.05) is 0 Å². The molecule has 0 aliphatic rings. The zero-order chi connectivity index (χ0) is 12.6. The Balaban J connectivity index is 4.32. The molecule has 0 amide bonds. The van der Waals surface area contributed by atoms with Gasteiger partial charge in [0.15, 0.2) is 0 Å². The van der Waals surface area contributed by atoms with E-state index >= 15 is 0 Å². The Labute approximate surface area is 112 Å². The van der Waals surface area contributed by atoms with Gasteiger partial charge >= 0.3 is 113 Å². The molecule has 0 nitrogen and oxygen atoms in total. The molecule has 96 valence electrons. The Bertz CT molecular complexity index is 156. The summed E-state index contributed by atoms with van der Waals surface area (Å²) >= 11 is -0.899. The van der Waals surface area contributed by atoms with Gasteiger partial charge in [0.1, 0.15) is 0 Å². The van der Waals surface area contributed by atoms with Crippen LogP contribution in [0.25, 0.3) is 0 Å². The molecule has 0 saturated heterocycles. The Kier molecular flexibility index (Phi) is 9.69. The molecule has 0 aromatic heterocycles. The maximum absolute atomic E-state index is 2.50. The molecule has 0 rings (SSSR count). The van der Waals surface area contributed by atoms with Gasteiger partial charge in [0.25, 0.3) is 0 Å². The Hall–Kier alpha value is 1.09. The Morgan fingerprint density at radius 2 is 1.44 bits per heavy atom. The van der Waals surface area contributed by atoms with Crippen molar-refractivity contribution in [1.82, 2.24) is 0 Å². The number of rotatable bonds is 9. The second-order valence-corrected chi connectivity index (χ2v) is 24.2. The van der Waals surface area contributed by atoms with E-state index < -0.39 is 25.9 Å². The Morgan fingerprint density at radius 3 is 1.75 bits per heavy atom. The van der Waals surface area contributed by atoms with Gasteiger partial charge in [-0.05, 0) is 0 Å². The third-order valence-corrected chi connectivity index (χ3v) is 30.8. The van der Waals surface area contributed by atoms with Crippen LogP contribution in [-0.2, 0) is 20.6 Å². The quantitative estimate of drug-likeness (QED) is 0.459. The summed E-state index contributed by atoms with van der Waals surface area (Å²) in [5.41, 5.74) is 0. The summed E-state index contributed by atoms with van der Waals surface area (Å²) in [7, 11) is 0. The van der Waals surface area contributed by atoms with Crippen LogP contribution >= 0.6 is 0 Å². The van der Waals surface area contributed by atoms with E-state index in [0.717, 1.165) is 5.92 Å². The molecule has 0 heterocycles. The normalized spacial score (nSPS) is 12.2. The van der Waals surface area contributed by atoms with Crippen LogP contribution in [0.1, 0.15) is 54.4 Å². The summed E-state index contributed by atoms with van der Waals surface area (Å²) in [6.07, 6.45) is 3.02. The molecule has 0 aliphatic carbocycles. The van der Waals surface area contributed by atoms with Crippen molar-refractivity contribution in [3.8, 4) is 0 Å². The summed E-state index contributed by atoms with van der Waals surface area (Å²) in [6, 6.07) is 4.75. The third-order valence-electron chi connectivity index (χ3n) is 4.81. The molecule has 0 N–H and O–H groups in total. The molecule has 0 fully saturated rings. The molecule has 0 aliphatic heterocycles. The molecule has 0 atom stereocenters. The molecule has 0 spiro atoms. The van der Waals surface area contributed by atoms with Gasteiger partial charge < -0.3 is 0 Å². The van der Waals surface area contributed by atoms with Crippen LogP contribution in [0.2, 0.25) is 26.5 Å². The first-order valence-corrected chi connectivity index (χ1v) is 15.5. The maximum atomic E-state index is 2.50. The van der Waals surface area contributed by atoms with E-state index in [2.05, 4.69) is 41.5 Å². The zero-order valence-electron chi connectivity index (χ0n) is 12.6. The first-order valence-electron chi connectivity index (χ1n) is 7.56. The van der Waals surface area contributed by atoms with Crippen LogP contribution in [0.15, 0.2) is 0 Å². The summed E-state index contributed by atoms with van der Waals surface area (Å²) < 4.78 is 3.32. The molecular weight excluding hydrogens is 241 g/mol. The minimum absolute atomic E-state index is 0.731. The van der Waals surface area contributed by atoms with Crippen LogP contribution in [0, 0.1) is 5.92 Å². The van der Waals surface area contributed by atoms with Crippen molar-refractivity contribution in [3.05, 3.63) is 0 Å². The van der Waals surface area contributed by atoms with Crippen molar-refractivity contribution < 1.29 is 20.6 Å². The first kappa shape index (κ1) is 17.1. The predicted octanol–water partition coefficient (Wildman–Crippen LogP) is 5.90. The van der Waals surface area contributed by atoms with E-state index in [1.807, 2.05) is 0 Å². The van der Waals surface area contributed by atoms with Gasteiger partial charge in [-0.3, -0.25) is 0 Å². The fourth-order valence-corrected chi connectivity index (χ4v) is 25.7. The van der Waals surface area contributed by atoms with Crippen molar-refractivity contribution in [2.75, 3.05) is 0 Å². The second-order valence-electron chi connectivity index (χ2n) is 5.85. The van der Waals surface area contributed by atoms with Crippen molar-refractivity contribution >= 4 is 5.26 Å². The van der Waals surface area contributed by atoms with Gasteiger partial charge in [-0.1, -0.05) is 0 Å². The van der Waals surface area contributed by atoms with Crippen LogP contribution in [0.5, 0.6) is 0 Å². The van der Waals surface area contributed by atoms with Gasteiger partial charge in [-0.25, -0.2) is 0 Å². The topological polar surface area (TPSA) is 0 Å². The van der Waals surface area contributed by atoms with Crippen molar-refractivity contribution in [3.63, 3.8) is 0 Å². The predicted molar refractivity (Wildman–Crippen MR) is 76.6 cm³/mol. The average Bonchev–Trinajstić information content (AvgIpc) is 2.29. The van der Waals surface area contributed by atoms with E-state index in [-0.39, 0.29) is 0 Å². The molecule has 0 aromatic rings. The van der Waals surface area contributed by atoms with E-state index in [4.69, 9.17) is 0 Å². The Morgan fingerprint density at radius 1 is 0.938 bits per heavy atom. The summed E-state index contributed by atoms with van der Waals surface area (Å²) in [6.45, 7) is 14.7. The van der Waals surface area contributed by atoms with Gasteiger partial charge in [0.05, 0.1) is 0 Å². The van der Waals surface area contributed by atoms with E-state index in [1.165, 1.54) is 6.42 Å². The third kappa shape index (κ3) is 5.16. The molecule has 0 unspecified atom stereocenters. The van der Waals surface area contributed by atoms with Crippen LogP contribution in [0.3, 0.4) is 0 Å². The van der Waals surface area contributed by atoms with Crippen molar-refractivity contribution in [2.24, 2.45) is 5.92 Å². The van der Waals surface area contributed by atoms with Gasteiger partial charge in [0.2, 0.25) is 0 Å². The van der Waals surface area contributed by atoms with Gasteiger partial charge in [-0.15, -0.1) is 0 Å². The van der Waals surface area contributed by atoms with Crippen molar-refractivity contribution in [2.45, 2.75) is 80.9 Å². The SMILES string of the molecule is C[CH2][Sc]([CH2]CCC(C)C)[Si](CC)(CC)CC. The van der Waals surface area contributed by atoms with E-state index in [9.17, 15) is 0 Å². The molecule has 0 bridgehead atoms. The molecule has 0 radical (unpaired) electrons. The number of hydrogen-bond acceptors (Lipinski definition) is 0. The minimum atomic E-state index is -0.899. The van der Waals surface area contributed by atoms with Gasteiger partial charge in [-0.2, -0.15) is 0 Å². The standard InChI is InChI=1S/C6H15Si.C6H13.C2H5.Sc/c1-4-7(5-2)6-3;1-4-5-6(2)3;1-2;/h4-6H2,1-3H3;6H,1,4-5H2,2-3H3;1H2,2H3;. The van der Waals surface area contributed by atoms with Crippen molar-refractivity contribution in [1.29, 1.82) is 0 Å². The zero-order valence-corrected chi connectivity index (χ0v) is 15.4. The monoisotopic (exact) mass is 274 g/mol. The molecule has 16 heavy (non-hydrogen) atoms.